The molecule has 2 atom stereocenters. The zero-order valence-electron chi connectivity index (χ0n) is 8.09. The Hall–Kier alpha value is -1.16. The van der Waals surface area contributed by atoms with E-state index in [1.165, 1.54) is 6.07 Å². The first-order chi connectivity index (χ1) is 7.25. The SMILES string of the molecule is Fc1cc2c(cc1F)C1NCCC[C@@H]1O2. The van der Waals surface area contributed by atoms with Crippen molar-refractivity contribution in [2.45, 2.75) is 25.0 Å². The van der Waals surface area contributed by atoms with Gasteiger partial charge >= 0.3 is 0 Å². The Labute approximate surface area is 86.2 Å². The second-order valence-electron chi connectivity index (χ2n) is 4.03. The number of piperidine rings is 1. The predicted octanol–water partition coefficient (Wildman–Crippen LogP) is 2.15. The fourth-order valence-corrected chi connectivity index (χ4v) is 2.35. The van der Waals surface area contributed by atoms with Crippen LogP contribution in [-0.4, -0.2) is 12.6 Å². The van der Waals surface area contributed by atoms with Crippen LogP contribution in [0.5, 0.6) is 5.75 Å². The molecule has 0 aromatic heterocycles. The summed E-state index contributed by atoms with van der Waals surface area (Å²) in [5.74, 6) is -1.16. The fourth-order valence-electron chi connectivity index (χ4n) is 2.35. The lowest BCUT2D eigenvalue weighted by atomic mass is 9.97. The molecule has 15 heavy (non-hydrogen) atoms. The Bertz CT molecular complexity index is 408. The van der Waals surface area contributed by atoms with Gasteiger partial charge in [-0.25, -0.2) is 8.78 Å². The van der Waals surface area contributed by atoms with Crippen LogP contribution in [0.4, 0.5) is 8.78 Å². The number of fused-ring (bicyclic) bond motifs is 3. The van der Waals surface area contributed by atoms with Crippen LogP contribution in [0.2, 0.25) is 0 Å². The molecule has 1 saturated heterocycles. The summed E-state index contributed by atoms with van der Waals surface area (Å²) in [7, 11) is 0. The summed E-state index contributed by atoms with van der Waals surface area (Å²) in [6, 6.07) is 2.42. The Morgan fingerprint density at radius 1 is 1.27 bits per heavy atom. The molecule has 0 saturated carbocycles. The Morgan fingerprint density at radius 3 is 2.93 bits per heavy atom. The van der Waals surface area contributed by atoms with Crippen molar-refractivity contribution in [3.8, 4) is 5.75 Å². The number of rotatable bonds is 0. The lowest BCUT2D eigenvalue weighted by molar-refractivity contribution is 0.154. The minimum Gasteiger partial charge on any atom is -0.488 e. The van der Waals surface area contributed by atoms with Gasteiger partial charge in [0.25, 0.3) is 0 Å². The van der Waals surface area contributed by atoms with E-state index in [1.807, 2.05) is 0 Å². The smallest absolute Gasteiger partial charge is 0.162 e. The lowest BCUT2D eigenvalue weighted by Crippen LogP contribution is -2.36. The van der Waals surface area contributed by atoms with Crippen molar-refractivity contribution in [1.82, 2.24) is 5.32 Å². The molecule has 2 heterocycles. The molecule has 2 nitrogen and oxygen atoms in total. The van der Waals surface area contributed by atoms with Crippen LogP contribution in [0.25, 0.3) is 0 Å². The molecular formula is C11H11F2NO. The van der Waals surface area contributed by atoms with Gasteiger partial charge in [-0.05, 0) is 25.5 Å². The molecule has 3 rings (SSSR count). The zero-order chi connectivity index (χ0) is 10.4. The minimum absolute atomic E-state index is 0.0313. The van der Waals surface area contributed by atoms with Gasteiger partial charge in [-0.15, -0.1) is 0 Å². The maximum absolute atomic E-state index is 13.1. The molecule has 1 unspecified atom stereocenters. The van der Waals surface area contributed by atoms with E-state index in [2.05, 4.69) is 5.32 Å². The average Bonchev–Trinajstić information content (AvgIpc) is 2.57. The highest BCUT2D eigenvalue weighted by atomic mass is 19.2. The normalized spacial score (nSPS) is 28.1. The molecule has 0 spiro atoms. The van der Waals surface area contributed by atoms with E-state index in [4.69, 9.17) is 4.74 Å². The summed E-state index contributed by atoms with van der Waals surface area (Å²) < 4.78 is 31.6. The summed E-state index contributed by atoms with van der Waals surface area (Å²) in [4.78, 5) is 0. The molecule has 0 aliphatic carbocycles. The number of hydrogen-bond acceptors (Lipinski definition) is 2. The first-order valence-corrected chi connectivity index (χ1v) is 5.14. The van der Waals surface area contributed by atoms with Gasteiger partial charge in [0.05, 0.1) is 6.04 Å². The van der Waals surface area contributed by atoms with E-state index in [9.17, 15) is 8.78 Å². The van der Waals surface area contributed by atoms with Crippen LogP contribution in [0.15, 0.2) is 12.1 Å². The van der Waals surface area contributed by atoms with Crippen molar-refractivity contribution < 1.29 is 13.5 Å². The van der Waals surface area contributed by atoms with Crippen LogP contribution in [0, 0.1) is 11.6 Å². The van der Waals surface area contributed by atoms with Crippen molar-refractivity contribution in [3.63, 3.8) is 0 Å². The molecule has 1 N–H and O–H groups in total. The van der Waals surface area contributed by atoms with Crippen LogP contribution >= 0.6 is 0 Å². The number of nitrogens with one attached hydrogen (secondary N) is 1. The Kier molecular flexibility index (Phi) is 1.92. The zero-order valence-corrected chi connectivity index (χ0v) is 8.09. The third-order valence-electron chi connectivity index (χ3n) is 3.07. The minimum atomic E-state index is -0.840. The largest absolute Gasteiger partial charge is 0.488 e. The van der Waals surface area contributed by atoms with E-state index in [1.54, 1.807) is 0 Å². The highest BCUT2D eigenvalue weighted by molar-refractivity contribution is 5.42. The third kappa shape index (κ3) is 1.32. The fraction of sp³-hybridized carbons (Fsp3) is 0.455. The second kappa shape index (κ2) is 3.17. The summed E-state index contributed by atoms with van der Waals surface area (Å²) in [6.45, 7) is 0.906. The molecule has 0 radical (unpaired) electrons. The third-order valence-corrected chi connectivity index (χ3v) is 3.07. The van der Waals surface area contributed by atoms with E-state index < -0.39 is 11.6 Å². The van der Waals surface area contributed by atoms with E-state index in [0.29, 0.717) is 5.75 Å². The molecule has 2 aliphatic rings. The molecule has 0 amide bonds. The van der Waals surface area contributed by atoms with Gasteiger partial charge in [0.2, 0.25) is 0 Å². The highest BCUT2D eigenvalue weighted by Gasteiger charge is 2.36. The number of ether oxygens (including phenoxy) is 1. The molecule has 1 aromatic rings. The van der Waals surface area contributed by atoms with Crippen molar-refractivity contribution >= 4 is 0 Å². The molecule has 0 bridgehead atoms. The topological polar surface area (TPSA) is 21.3 Å². The van der Waals surface area contributed by atoms with Gasteiger partial charge in [-0.3, -0.25) is 0 Å². The highest BCUT2D eigenvalue weighted by Crippen LogP contribution is 2.40. The van der Waals surface area contributed by atoms with E-state index >= 15 is 0 Å². The number of halogens is 2. The van der Waals surface area contributed by atoms with E-state index in [-0.39, 0.29) is 12.1 Å². The van der Waals surface area contributed by atoms with Crippen LogP contribution in [-0.2, 0) is 0 Å². The second-order valence-corrected chi connectivity index (χ2v) is 4.03. The average molecular weight is 211 g/mol. The molecule has 2 aliphatic heterocycles. The van der Waals surface area contributed by atoms with Crippen molar-refractivity contribution in [2.75, 3.05) is 6.54 Å². The standard InChI is InChI=1S/C11H11F2NO/c12-7-4-6-10(5-8(7)13)15-9-2-1-3-14-11(6)9/h4-5,9,11,14H,1-3H2/t9-,11?/m0/s1. The lowest BCUT2D eigenvalue weighted by Gasteiger charge is -2.25. The van der Waals surface area contributed by atoms with Crippen molar-refractivity contribution in [3.05, 3.63) is 29.3 Å². The monoisotopic (exact) mass is 211 g/mol. The number of benzene rings is 1. The van der Waals surface area contributed by atoms with Crippen LogP contribution < -0.4 is 10.1 Å². The molecule has 1 fully saturated rings. The molecule has 80 valence electrons. The van der Waals surface area contributed by atoms with Crippen molar-refractivity contribution in [2.24, 2.45) is 0 Å². The Morgan fingerprint density at radius 2 is 2.07 bits per heavy atom. The van der Waals surface area contributed by atoms with Gasteiger partial charge in [-0.2, -0.15) is 0 Å². The van der Waals surface area contributed by atoms with Crippen LogP contribution in [0.3, 0.4) is 0 Å². The molecular weight excluding hydrogens is 200 g/mol. The van der Waals surface area contributed by atoms with E-state index in [0.717, 1.165) is 31.0 Å². The number of hydrogen-bond donors (Lipinski definition) is 1. The summed E-state index contributed by atoms with van der Waals surface area (Å²) in [5.41, 5.74) is 0.749. The Balaban J connectivity index is 2.04. The molecule has 4 heteroatoms. The quantitative estimate of drug-likeness (QED) is 0.710. The van der Waals surface area contributed by atoms with Gasteiger partial charge in [0.15, 0.2) is 11.6 Å². The maximum Gasteiger partial charge on any atom is 0.162 e. The first kappa shape index (κ1) is 9.09. The van der Waals surface area contributed by atoms with Gasteiger partial charge in [0.1, 0.15) is 11.9 Å². The van der Waals surface area contributed by atoms with Gasteiger partial charge in [-0.1, -0.05) is 0 Å². The first-order valence-electron chi connectivity index (χ1n) is 5.14. The van der Waals surface area contributed by atoms with Crippen LogP contribution in [0.1, 0.15) is 24.4 Å². The summed E-state index contributed by atoms with van der Waals surface area (Å²) >= 11 is 0. The molecule has 1 aromatic carbocycles. The summed E-state index contributed by atoms with van der Waals surface area (Å²) in [5, 5.41) is 3.27. The van der Waals surface area contributed by atoms with Gasteiger partial charge < -0.3 is 10.1 Å². The maximum atomic E-state index is 13.1. The van der Waals surface area contributed by atoms with Crippen molar-refractivity contribution in [1.29, 1.82) is 0 Å². The summed E-state index contributed by atoms with van der Waals surface area (Å²) in [6.07, 6.45) is 2.02. The van der Waals surface area contributed by atoms with Gasteiger partial charge in [0, 0.05) is 11.6 Å². The predicted molar refractivity (Wildman–Crippen MR) is 50.8 cm³/mol.